The van der Waals surface area contributed by atoms with Crippen molar-refractivity contribution in [3.63, 3.8) is 0 Å². The van der Waals surface area contributed by atoms with Gasteiger partial charge in [0, 0.05) is 12.4 Å². The molecule has 1 aromatic heterocycles. The van der Waals surface area contributed by atoms with Crippen molar-refractivity contribution in [2.24, 2.45) is 0 Å². The summed E-state index contributed by atoms with van der Waals surface area (Å²) in [6.07, 6.45) is 2.37. The maximum atomic E-state index is 9.22. The molecule has 0 aromatic carbocycles. The standard InChI is InChI=1S/C9H14N2O4/c12-4-8(13)9(14)6-15-5-7-3-10-1-2-11-7/h1-3,8-9,12-14H,4-6H2. The zero-order chi connectivity index (χ0) is 11.1. The summed E-state index contributed by atoms with van der Waals surface area (Å²) in [4.78, 5) is 7.80. The molecule has 1 aromatic rings. The Morgan fingerprint density at radius 2 is 2.07 bits per heavy atom. The van der Waals surface area contributed by atoms with E-state index in [4.69, 9.17) is 14.9 Å². The molecule has 0 radical (unpaired) electrons. The molecule has 3 N–H and O–H groups in total. The Balaban J connectivity index is 2.22. The van der Waals surface area contributed by atoms with Crippen LogP contribution in [0.5, 0.6) is 0 Å². The highest BCUT2D eigenvalue weighted by atomic mass is 16.5. The fourth-order valence-corrected chi connectivity index (χ4v) is 0.921. The smallest absolute Gasteiger partial charge is 0.105 e. The Bertz CT molecular complexity index is 270. The van der Waals surface area contributed by atoms with Gasteiger partial charge in [0.25, 0.3) is 0 Å². The molecule has 0 amide bonds. The SMILES string of the molecule is OCC(O)C(O)COCc1cnccn1. The van der Waals surface area contributed by atoms with Crippen molar-refractivity contribution in [3.05, 3.63) is 24.3 Å². The first-order chi connectivity index (χ1) is 7.24. The molecule has 0 aliphatic rings. The average Bonchev–Trinajstić information content (AvgIpc) is 2.29. The number of aliphatic hydroxyl groups is 3. The van der Waals surface area contributed by atoms with Gasteiger partial charge in [-0.2, -0.15) is 0 Å². The van der Waals surface area contributed by atoms with Crippen LogP contribution in [-0.4, -0.2) is 50.7 Å². The van der Waals surface area contributed by atoms with Gasteiger partial charge in [0.05, 0.1) is 31.7 Å². The summed E-state index contributed by atoms with van der Waals surface area (Å²) < 4.78 is 5.08. The molecular formula is C9H14N2O4. The van der Waals surface area contributed by atoms with Crippen molar-refractivity contribution in [1.82, 2.24) is 9.97 Å². The van der Waals surface area contributed by atoms with Crippen LogP contribution in [0, 0.1) is 0 Å². The monoisotopic (exact) mass is 214 g/mol. The molecule has 2 unspecified atom stereocenters. The third-order valence-electron chi connectivity index (χ3n) is 1.79. The third-order valence-corrected chi connectivity index (χ3v) is 1.79. The minimum absolute atomic E-state index is 0.0572. The van der Waals surface area contributed by atoms with Crippen LogP contribution in [0.1, 0.15) is 5.69 Å². The van der Waals surface area contributed by atoms with E-state index in [-0.39, 0.29) is 13.2 Å². The van der Waals surface area contributed by atoms with Crippen molar-refractivity contribution in [1.29, 1.82) is 0 Å². The highest BCUT2D eigenvalue weighted by Crippen LogP contribution is 1.98. The van der Waals surface area contributed by atoms with Gasteiger partial charge in [-0.25, -0.2) is 0 Å². The molecule has 0 fully saturated rings. The molecular weight excluding hydrogens is 200 g/mol. The van der Waals surface area contributed by atoms with Crippen LogP contribution in [0.4, 0.5) is 0 Å². The minimum atomic E-state index is -1.17. The number of nitrogens with zero attached hydrogens (tertiary/aromatic N) is 2. The van der Waals surface area contributed by atoms with Crippen LogP contribution < -0.4 is 0 Å². The Morgan fingerprint density at radius 1 is 1.27 bits per heavy atom. The summed E-state index contributed by atoms with van der Waals surface area (Å²) in [7, 11) is 0. The second kappa shape index (κ2) is 6.41. The summed E-state index contributed by atoms with van der Waals surface area (Å²) in [5, 5.41) is 26.8. The lowest BCUT2D eigenvalue weighted by molar-refractivity contribution is -0.0605. The van der Waals surface area contributed by atoms with E-state index in [2.05, 4.69) is 9.97 Å². The fraction of sp³-hybridized carbons (Fsp3) is 0.556. The highest BCUT2D eigenvalue weighted by Gasteiger charge is 2.14. The van der Waals surface area contributed by atoms with E-state index < -0.39 is 18.8 Å². The van der Waals surface area contributed by atoms with Gasteiger partial charge in [0.1, 0.15) is 12.2 Å². The number of aromatic nitrogens is 2. The van der Waals surface area contributed by atoms with E-state index in [1.807, 2.05) is 0 Å². The van der Waals surface area contributed by atoms with Gasteiger partial charge in [-0.05, 0) is 0 Å². The molecule has 0 saturated carbocycles. The Morgan fingerprint density at radius 3 is 2.67 bits per heavy atom. The van der Waals surface area contributed by atoms with Crippen molar-refractivity contribution in [2.75, 3.05) is 13.2 Å². The molecule has 6 heteroatoms. The molecule has 15 heavy (non-hydrogen) atoms. The number of ether oxygens (including phenoxy) is 1. The second-order valence-corrected chi connectivity index (χ2v) is 3.03. The van der Waals surface area contributed by atoms with E-state index in [1.54, 1.807) is 12.4 Å². The molecule has 84 valence electrons. The molecule has 0 aliphatic heterocycles. The molecule has 0 saturated heterocycles. The van der Waals surface area contributed by atoms with Gasteiger partial charge in [0.15, 0.2) is 0 Å². The number of hydrogen-bond donors (Lipinski definition) is 3. The summed E-state index contributed by atoms with van der Waals surface area (Å²) in [6.45, 7) is -0.336. The van der Waals surface area contributed by atoms with Crippen LogP contribution in [0.15, 0.2) is 18.6 Å². The van der Waals surface area contributed by atoms with Crippen molar-refractivity contribution in [3.8, 4) is 0 Å². The van der Waals surface area contributed by atoms with Gasteiger partial charge in [-0.1, -0.05) is 0 Å². The number of aliphatic hydroxyl groups excluding tert-OH is 3. The Labute approximate surface area is 87.2 Å². The predicted octanol–water partition coefficient (Wildman–Crippen LogP) is -1.29. The predicted molar refractivity (Wildman–Crippen MR) is 50.8 cm³/mol. The van der Waals surface area contributed by atoms with Crippen LogP contribution in [-0.2, 0) is 11.3 Å². The lowest BCUT2D eigenvalue weighted by Crippen LogP contribution is -2.33. The molecule has 0 spiro atoms. The van der Waals surface area contributed by atoms with Crippen LogP contribution in [0.25, 0.3) is 0 Å². The first-order valence-corrected chi connectivity index (χ1v) is 4.53. The van der Waals surface area contributed by atoms with Gasteiger partial charge in [-0.3, -0.25) is 9.97 Å². The summed E-state index contributed by atoms with van der Waals surface area (Å²) >= 11 is 0. The van der Waals surface area contributed by atoms with Gasteiger partial charge >= 0.3 is 0 Å². The average molecular weight is 214 g/mol. The normalized spacial score (nSPS) is 14.9. The summed E-state index contributed by atoms with van der Waals surface area (Å²) in [5.41, 5.74) is 0.642. The van der Waals surface area contributed by atoms with E-state index in [9.17, 15) is 5.11 Å². The van der Waals surface area contributed by atoms with E-state index in [1.165, 1.54) is 6.20 Å². The van der Waals surface area contributed by atoms with Crippen molar-refractivity contribution in [2.45, 2.75) is 18.8 Å². The van der Waals surface area contributed by atoms with Crippen LogP contribution in [0.3, 0.4) is 0 Å². The zero-order valence-corrected chi connectivity index (χ0v) is 8.15. The van der Waals surface area contributed by atoms with E-state index in [0.717, 1.165) is 0 Å². The topological polar surface area (TPSA) is 95.7 Å². The second-order valence-electron chi connectivity index (χ2n) is 3.03. The minimum Gasteiger partial charge on any atom is -0.394 e. The quantitative estimate of drug-likeness (QED) is 0.545. The first kappa shape index (κ1) is 12.0. The lowest BCUT2D eigenvalue weighted by atomic mass is 10.2. The van der Waals surface area contributed by atoms with Crippen LogP contribution >= 0.6 is 0 Å². The number of rotatable bonds is 6. The highest BCUT2D eigenvalue weighted by molar-refractivity contribution is 4.91. The third kappa shape index (κ3) is 4.30. The molecule has 1 rings (SSSR count). The van der Waals surface area contributed by atoms with Gasteiger partial charge < -0.3 is 20.1 Å². The molecule has 1 heterocycles. The van der Waals surface area contributed by atoms with Crippen molar-refractivity contribution < 1.29 is 20.1 Å². The van der Waals surface area contributed by atoms with E-state index >= 15 is 0 Å². The molecule has 2 atom stereocenters. The molecule has 0 bridgehead atoms. The van der Waals surface area contributed by atoms with Gasteiger partial charge in [-0.15, -0.1) is 0 Å². The zero-order valence-electron chi connectivity index (χ0n) is 8.15. The maximum Gasteiger partial charge on any atom is 0.105 e. The van der Waals surface area contributed by atoms with Crippen molar-refractivity contribution >= 4 is 0 Å². The maximum absolute atomic E-state index is 9.22. The Kier molecular flexibility index (Phi) is 5.13. The lowest BCUT2D eigenvalue weighted by Gasteiger charge is -2.15. The van der Waals surface area contributed by atoms with Gasteiger partial charge in [0.2, 0.25) is 0 Å². The first-order valence-electron chi connectivity index (χ1n) is 4.53. The molecule has 6 nitrogen and oxygen atoms in total. The number of hydrogen-bond acceptors (Lipinski definition) is 6. The fourth-order valence-electron chi connectivity index (χ4n) is 0.921. The Hall–Kier alpha value is -1.08. The largest absolute Gasteiger partial charge is 0.394 e. The molecule has 0 aliphatic carbocycles. The summed E-state index contributed by atoms with van der Waals surface area (Å²) in [5.74, 6) is 0. The van der Waals surface area contributed by atoms with E-state index in [0.29, 0.717) is 5.69 Å². The summed E-state index contributed by atoms with van der Waals surface area (Å²) in [6, 6.07) is 0. The van der Waals surface area contributed by atoms with Crippen LogP contribution in [0.2, 0.25) is 0 Å².